The van der Waals surface area contributed by atoms with E-state index >= 15 is 0 Å². The van der Waals surface area contributed by atoms with Crippen LogP contribution in [0.25, 0.3) is 0 Å². The number of hydrogen-bond donors (Lipinski definition) is 2. The maximum Gasteiger partial charge on any atom is 0.227 e. The van der Waals surface area contributed by atoms with Crippen LogP contribution in [0.1, 0.15) is 66.2 Å². The molecule has 0 aliphatic carbocycles. The molecule has 0 aromatic carbocycles. The minimum atomic E-state index is -0.363. The fourth-order valence-electron chi connectivity index (χ4n) is 2.54. The van der Waals surface area contributed by atoms with E-state index in [0.29, 0.717) is 6.54 Å². The Balaban J connectivity index is 4.07. The Morgan fingerprint density at radius 2 is 1.80 bits per heavy atom. The number of carbonyl (C=O) groups is 1. The average molecular weight is 286 g/mol. The predicted molar refractivity (Wildman–Crippen MR) is 84.6 cm³/mol. The maximum atomic E-state index is 12.4. The number of hydrogen-bond acceptors (Lipinski definition) is 3. The van der Waals surface area contributed by atoms with Gasteiger partial charge in [0.25, 0.3) is 0 Å². The van der Waals surface area contributed by atoms with Crippen molar-refractivity contribution < 1.29 is 9.53 Å². The molecular weight excluding hydrogens is 252 g/mol. The monoisotopic (exact) mass is 286 g/mol. The van der Waals surface area contributed by atoms with Crippen molar-refractivity contribution in [2.75, 3.05) is 19.7 Å². The van der Waals surface area contributed by atoms with Crippen LogP contribution < -0.4 is 11.1 Å². The summed E-state index contributed by atoms with van der Waals surface area (Å²) in [5.74, 6) is 0.133. The van der Waals surface area contributed by atoms with E-state index in [1.165, 1.54) is 0 Å². The third kappa shape index (κ3) is 7.25. The highest BCUT2D eigenvalue weighted by molar-refractivity contribution is 5.82. The van der Waals surface area contributed by atoms with Crippen molar-refractivity contribution in [3.63, 3.8) is 0 Å². The summed E-state index contributed by atoms with van der Waals surface area (Å²) in [5, 5.41) is 3.06. The first-order chi connectivity index (χ1) is 9.52. The first kappa shape index (κ1) is 19.4. The molecule has 4 heteroatoms. The Hall–Kier alpha value is -0.610. The van der Waals surface area contributed by atoms with E-state index in [0.717, 1.165) is 51.7 Å². The van der Waals surface area contributed by atoms with Gasteiger partial charge in [-0.3, -0.25) is 4.79 Å². The summed E-state index contributed by atoms with van der Waals surface area (Å²) in [6, 6.07) is 0. The summed E-state index contributed by atoms with van der Waals surface area (Å²) in [7, 11) is 0. The van der Waals surface area contributed by atoms with Gasteiger partial charge in [-0.25, -0.2) is 0 Å². The standard InChI is InChI=1S/C16H34N2O2/c1-5-9-16(13-17,10-6-2)15(19)18-11-7-8-12-20-14(3)4/h14H,5-13,17H2,1-4H3,(H,18,19). The molecule has 4 nitrogen and oxygen atoms in total. The second kappa shape index (κ2) is 11.1. The summed E-state index contributed by atoms with van der Waals surface area (Å²) in [4.78, 5) is 12.4. The Morgan fingerprint density at radius 3 is 2.25 bits per heavy atom. The Bertz CT molecular complexity index is 249. The quantitative estimate of drug-likeness (QED) is 0.542. The van der Waals surface area contributed by atoms with Crippen molar-refractivity contribution in [2.24, 2.45) is 11.1 Å². The van der Waals surface area contributed by atoms with Crippen molar-refractivity contribution in [2.45, 2.75) is 72.3 Å². The maximum absolute atomic E-state index is 12.4. The number of rotatable bonds is 12. The van der Waals surface area contributed by atoms with E-state index in [1.807, 2.05) is 13.8 Å². The number of nitrogens with one attached hydrogen (secondary N) is 1. The molecule has 0 unspecified atom stereocenters. The molecule has 120 valence electrons. The molecule has 20 heavy (non-hydrogen) atoms. The van der Waals surface area contributed by atoms with Gasteiger partial charge < -0.3 is 15.8 Å². The molecular formula is C16H34N2O2. The lowest BCUT2D eigenvalue weighted by Gasteiger charge is -2.30. The third-order valence-corrected chi connectivity index (χ3v) is 3.64. The van der Waals surface area contributed by atoms with Crippen molar-refractivity contribution in [3.05, 3.63) is 0 Å². The lowest BCUT2D eigenvalue weighted by molar-refractivity contribution is -0.131. The van der Waals surface area contributed by atoms with Gasteiger partial charge in [0.1, 0.15) is 0 Å². The molecule has 0 atom stereocenters. The normalized spacial score (nSPS) is 11.9. The van der Waals surface area contributed by atoms with Crippen LogP contribution in [0.3, 0.4) is 0 Å². The number of unbranched alkanes of at least 4 members (excludes halogenated alkanes) is 1. The highest BCUT2D eigenvalue weighted by Gasteiger charge is 2.34. The van der Waals surface area contributed by atoms with Gasteiger partial charge in [0.2, 0.25) is 5.91 Å². The molecule has 0 saturated heterocycles. The zero-order chi connectivity index (χ0) is 15.4. The van der Waals surface area contributed by atoms with E-state index < -0.39 is 0 Å². The van der Waals surface area contributed by atoms with Crippen LogP contribution in [0, 0.1) is 5.41 Å². The van der Waals surface area contributed by atoms with Crippen molar-refractivity contribution in [3.8, 4) is 0 Å². The van der Waals surface area contributed by atoms with Gasteiger partial charge in [-0.15, -0.1) is 0 Å². The summed E-state index contributed by atoms with van der Waals surface area (Å²) in [6.45, 7) is 10.2. The first-order valence-corrected chi connectivity index (χ1v) is 8.12. The van der Waals surface area contributed by atoms with Crippen LogP contribution in [0.4, 0.5) is 0 Å². The largest absolute Gasteiger partial charge is 0.379 e. The second-order valence-electron chi connectivity index (χ2n) is 5.87. The molecule has 0 fully saturated rings. The van der Waals surface area contributed by atoms with E-state index in [-0.39, 0.29) is 17.4 Å². The first-order valence-electron chi connectivity index (χ1n) is 8.12. The number of amides is 1. The van der Waals surface area contributed by atoms with Gasteiger partial charge in [0.05, 0.1) is 11.5 Å². The van der Waals surface area contributed by atoms with Crippen LogP contribution in [0.5, 0.6) is 0 Å². The number of carbonyl (C=O) groups excluding carboxylic acids is 1. The highest BCUT2D eigenvalue weighted by atomic mass is 16.5. The minimum Gasteiger partial charge on any atom is -0.379 e. The van der Waals surface area contributed by atoms with Gasteiger partial charge >= 0.3 is 0 Å². The highest BCUT2D eigenvalue weighted by Crippen LogP contribution is 2.28. The molecule has 0 aromatic rings. The summed E-state index contributed by atoms with van der Waals surface area (Å²) < 4.78 is 5.48. The number of nitrogens with two attached hydrogens (primary N) is 1. The van der Waals surface area contributed by atoms with Crippen molar-refractivity contribution >= 4 is 5.91 Å². The van der Waals surface area contributed by atoms with Gasteiger partial charge in [0.15, 0.2) is 0 Å². The lowest BCUT2D eigenvalue weighted by atomic mass is 9.78. The summed E-state index contributed by atoms with van der Waals surface area (Å²) >= 11 is 0. The molecule has 0 saturated carbocycles. The SMILES string of the molecule is CCCC(CN)(CCC)C(=O)NCCCCOC(C)C. The van der Waals surface area contributed by atoms with Gasteiger partial charge in [-0.1, -0.05) is 26.7 Å². The summed E-state index contributed by atoms with van der Waals surface area (Å²) in [6.07, 6.45) is 5.95. The Kier molecular flexibility index (Phi) is 10.8. The fourth-order valence-corrected chi connectivity index (χ4v) is 2.54. The molecule has 0 heterocycles. The van der Waals surface area contributed by atoms with Crippen LogP contribution in [-0.4, -0.2) is 31.7 Å². The molecule has 0 aromatic heterocycles. The fraction of sp³-hybridized carbons (Fsp3) is 0.938. The predicted octanol–water partition coefficient (Wildman–Crippen LogP) is 2.85. The summed E-state index contributed by atoms with van der Waals surface area (Å²) in [5.41, 5.74) is 5.52. The van der Waals surface area contributed by atoms with Gasteiger partial charge in [0, 0.05) is 19.7 Å². The van der Waals surface area contributed by atoms with Gasteiger partial charge in [-0.2, -0.15) is 0 Å². The topological polar surface area (TPSA) is 64.4 Å². The average Bonchev–Trinajstić information content (AvgIpc) is 2.41. The minimum absolute atomic E-state index is 0.133. The molecule has 1 amide bonds. The molecule has 3 N–H and O–H groups in total. The third-order valence-electron chi connectivity index (χ3n) is 3.64. The Morgan fingerprint density at radius 1 is 1.20 bits per heavy atom. The van der Waals surface area contributed by atoms with Crippen LogP contribution in [-0.2, 0) is 9.53 Å². The second-order valence-corrected chi connectivity index (χ2v) is 5.87. The molecule has 0 aliphatic heterocycles. The van der Waals surface area contributed by atoms with E-state index in [2.05, 4.69) is 19.2 Å². The van der Waals surface area contributed by atoms with E-state index in [1.54, 1.807) is 0 Å². The van der Waals surface area contributed by atoms with Crippen LogP contribution in [0.2, 0.25) is 0 Å². The Labute approximate surface area is 124 Å². The molecule has 0 radical (unpaired) electrons. The van der Waals surface area contributed by atoms with E-state index in [9.17, 15) is 4.79 Å². The smallest absolute Gasteiger partial charge is 0.227 e. The van der Waals surface area contributed by atoms with Crippen LogP contribution >= 0.6 is 0 Å². The molecule has 0 spiro atoms. The van der Waals surface area contributed by atoms with Crippen LogP contribution in [0.15, 0.2) is 0 Å². The van der Waals surface area contributed by atoms with Gasteiger partial charge in [-0.05, 0) is 39.5 Å². The zero-order valence-corrected chi connectivity index (χ0v) is 13.8. The van der Waals surface area contributed by atoms with Crippen molar-refractivity contribution in [1.82, 2.24) is 5.32 Å². The van der Waals surface area contributed by atoms with Crippen molar-refractivity contribution in [1.29, 1.82) is 0 Å². The number of ether oxygens (including phenoxy) is 1. The molecule has 0 aliphatic rings. The van der Waals surface area contributed by atoms with E-state index in [4.69, 9.17) is 10.5 Å². The molecule has 0 rings (SSSR count). The lowest BCUT2D eigenvalue weighted by Crippen LogP contribution is -2.46. The molecule has 0 bridgehead atoms. The zero-order valence-electron chi connectivity index (χ0n) is 13.8.